The molecule has 2 saturated heterocycles. The number of thiazole rings is 1. The van der Waals surface area contributed by atoms with E-state index in [1.165, 1.54) is 4.90 Å². The fourth-order valence-corrected chi connectivity index (χ4v) is 10.4. The molecule has 3 aliphatic rings. The molecule has 0 spiro atoms. The number of fused-ring (bicyclic) bond motifs is 1. The average molecular weight is 995 g/mol. The first kappa shape index (κ1) is 51.4. The van der Waals surface area contributed by atoms with Crippen LogP contribution in [-0.2, 0) is 34.5 Å². The molecule has 3 aromatic heterocycles. The SMILES string of the molecule is COc1cc(-c2cn(C)c(=O)c3cnccc23)c(OC)cc1CN1CCN(CCCCCOc2cc(-c3scnc3C)ccc2CNC(=O)[C@@H]2C[C@@H](O)CN2C(=O)[C@@H](NC(=O)C2(F)CC2)C(C)(C)C)CC1. The van der Waals surface area contributed by atoms with Gasteiger partial charge in [0.05, 0.1) is 48.4 Å². The average Bonchev–Trinajstić information content (AvgIpc) is 3.76. The van der Waals surface area contributed by atoms with E-state index in [1.807, 2.05) is 55.0 Å². The second-order valence-corrected chi connectivity index (χ2v) is 21.1. The van der Waals surface area contributed by atoms with Gasteiger partial charge in [0.2, 0.25) is 11.8 Å². The van der Waals surface area contributed by atoms with E-state index in [1.54, 1.807) is 70.3 Å². The Morgan fingerprint density at radius 3 is 2.38 bits per heavy atom. The van der Waals surface area contributed by atoms with Crippen molar-refractivity contribution >= 4 is 39.8 Å². The zero-order valence-electron chi connectivity index (χ0n) is 41.9. The number of nitrogens with one attached hydrogen (secondary N) is 2. The Bertz CT molecular complexity index is 2800. The molecule has 2 aliphatic heterocycles. The largest absolute Gasteiger partial charge is 0.496 e. The molecule has 5 aromatic rings. The van der Waals surface area contributed by atoms with E-state index in [4.69, 9.17) is 14.2 Å². The number of pyridine rings is 2. The number of aromatic nitrogens is 3. The maximum atomic E-state index is 14.7. The molecular formula is C53H67FN8O8S. The minimum atomic E-state index is -1.97. The highest BCUT2D eigenvalue weighted by molar-refractivity contribution is 7.13. The van der Waals surface area contributed by atoms with Crippen LogP contribution in [-0.4, -0.2) is 136 Å². The Hall–Kier alpha value is -5.95. The van der Waals surface area contributed by atoms with Crippen LogP contribution >= 0.6 is 11.3 Å². The molecular weight excluding hydrogens is 928 g/mol. The number of aliphatic hydroxyl groups is 1. The molecule has 3 N–H and O–H groups in total. The molecule has 380 valence electrons. The van der Waals surface area contributed by atoms with E-state index in [2.05, 4.69) is 30.4 Å². The van der Waals surface area contributed by atoms with E-state index in [-0.39, 0.29) is 37.9 Å². The summed E-state index contributed by atoms with van der Waals surface area (Å²) in [6, 6.07) is 9.74. The lowest BCUT2D eigenvalue weighted by Crippen LogP contribution is -2.59. The summed E-state index contributed by atoms with van der Waals surface area (Å²) in [4.78, 5) is 69.3. The number of carbonyl (C=O) groups is 3. The van der Waals surface area contributed by atoms with Gasteiger partial charge in [-0.15, -0.1) is 11.3 Å². The highest BCUT2D eigenvalue weighted by atomic mass is 32.1. The molecule has 3 fully saturated rings. The van der Waals surface area contributed by atoms with Gasteiger partial charge in [-0.05, 0) is 86.2 Å². The van der Waals surface area contributed by atoms with Crippen molar-refractivity contribution in [3.05, 3.63) is 87.7 Å². The Morgan fingerprint density at radius 1 is 0.944 bits per heavy atom. The number of hydrogen-bond acceptors (Lipinski definition) is 13. The topological polar surface area (TPSA) is 181 Å². The van der Waals surface area contributed by atoms with Gasteiger partial charge in [-0.1, -0.05) is 32.9 Å². The quantitative estimate of drug-likeness (QED) is 0.0820. The van der Waals surface area contributed by atoms with Gasteiger partial charge in [0.15, 0.2) is 5.67 Å². The number of aliphatic hydroxyl groups excluding tert-OH is 1. The van der Waals surface area contributed by atoms with Crippen molar-refractivity contribution in [3.63, 3.8) is 0 Å². The lowest BCUT2D eigenvalue weighted by molar-refractivity contribution is -0.145. The van der Waals surface area contributed by atoms with Crippen LogP contribution in [0.5, 0.6) is 17.2 Å². The third-order valence-corrected chi connectivity index (χ3v) is 15.0. The van der Waals surface area contributed by atoms with E-state index in [9.17, 15) is 28.7 Å². The minimum Gasteiger partial charge on any atom is -0.496 e. The monoisotopic (exact) mass is 994 g/mol. The number of piperazine rings is 1. The predicted molar refractivity (Wildman–Crippen MR) is 271 cm³/mol. The molecule has 16 nitrogen and oxygen atoms in total. The molecule has 8 rings (SSSR count). The number of benzene rings is 2. The Morgan fingerprint density at radius 2 is 1.69 bits per heavy atom. The van der Waals surface area contributed by atoms with Crippen LogP contribution < -0.4 is 30.4 Å². The van der Waals surface area contributed by atoms with Crippen LogP contribution in [0.1, 0.15) is 76.1 Å². The van der Waals surface area contributed by atoms with Crippen LogP contribution in [0, 0.1) is 12.3 Å². The predicted octanol–water partition coefficient (Wildman–Crippen LogP) is 6.03. The Balaban J connectivity index is 0.833. The summed E-state index contributed by atoms with van der Waals surface area (Å²) in [5.74, 6) is 0.317. The van der Waals surface area contributed by atoms with Crippen molar-refractivity contribution in [2.45, 2.75) is 103 Å². The maximum Gasteiger partial charge on any atom is 0.259 e. The number of alkyl halides is 1. The molecule has 3 atom stereocenters. The van der Waals surface area contributed by atoms with Gasteiger partial charge in [-0.2, -0.15) is 0 Å². The van der Waals surface area contributed by atoms with Crippen LogP contribution in [0.4, 0.5) is 4.39 Å². The van der Waals surface area contributed by atoms with Crippen molar-refractivity contribution in [1.82, 2.24) is 39.9 Å². The highest BCUT2D eigenvalue weighted by Crippen LogP contribution is 2.41. The summed E-state index contributed by atoms with van der Waals surface area (Å²) < 4.78 is 34.6. The van der Waals surface area contributed by atoms with Crippen molar-refractivity contribution in [2.75, 3.05) is 60.1 Å². The molecule has 3 amide bonds. The number of ether oxygens (including phenoxy) is 3. The molecule has 71 heavy (non-hydrogen) atoms. The zero-order valence-corrected chi connectivity index (χ0v) is 42.7. The second-order valence-electron chi connectivity index (χ2n) is 20.2. The molecule has 5 heterocycles. The summed E-state index contributed by atoms with van der Waals surface area (Å²) in [5, 5.41) is 17.6. The summed E-state index contributed by atoms with van der Waals surface area (Å²) in [6.45, 7) is 13.2. The second kappa shape index (κ2) is 21.8. The molecule has 1 aliphatic carbocycles. The first-order chi connectivity index (χ1) is 34.0. The summed E-state index contributed by atoms with van der Waals surface area (Å²) in [5.41, 5.74) is 4.33. The summed E-state index contributed by atoms with van der Waals surface area (Å²) >= 11 is 1.55. The van der Waals surface area contributed by atoms with E-state index in [0.29, 0.717) is 30.0 Å². The molecule has 0 unspecified atom stereocenters. The van der Waals surface area contributed by atoms with Crippen LogP contribution in [0.2, 0.25) is 0 Å². The number of β-amino-alcohol motifs (C(OH)–C–C–N with tert-alkyl or cyclic N) is 1. The number of likely N-dealkylation sites (tertiary alicyclic amines) is 1. The van der Waals surface area contributed by atoms with Crippen molar-refractivity contribution in [2.24, 2.45) is 12.5 Å². The normalized spacial score (nSPS) is 18.6. The van der Waals surface area contributed by atoms with E-state index in [0.717, 1.165) is 102 Å². The zero-order chi connectivity index (χ0) is 50.6. The van der Waals surface area contributed by atoms with Gasteiger partial charge in [0.1, 0.15) is 29.3 Å². The molecule has 2 aromatic carbocycles. The number of amides is 3. The third kappa shape index (κ3) is 11.7. The van der Waals surface area contributed by atoms with Crippen LogP contribution in [0.25, 0.3) is 32.3 Å². The first-order valence-corrected chi connectivity index (χ1v) is 25.4. The van der Waals surface area contributed by atoms with E-state index < -0.39 is 47.0 Å². The summed E-state index contributed by atoms with van der Waals surface area (Å²) in [6.07, 6.45) is 7.29. The van der Waals surface area contributed by atoms with Crippen LogP contribution in [0.3, 0.4) is 0 Å². The number of unbranched alkanes of at least 4 members (excludes halogenated alkanes) is 2. The number of halogens is 1. The molecule has 18 heteroatoms. The number of hydrogen-bond donors (Lipinski definition) is 3. The maximum absolute atomic E-state index is 14.7. The van der Waals surface area contributed by atoms with Crippen molar-refractivity contribution in [3.8, 4) is 38.8 Å². The van der Waals surface area contributed by atoms with Gasteiger partial charge in [0, 0.05) is 100 Å². The first-order valence-electron chi connectivity index (χ1n) is 24.5. The number of methoxy groups -OCH3 is 2. The van der Waals surface area contributed by atoms with Gasteiger partial charge >= 0.3 is 0 Å². The van der Waals surface area contributed by atoms with Crippen molar-refractivity contribution in [1.29, 1.82) is 0 Å². The van der Waals surface area contributed by atoms with E-state index >= 15 is 0 Å². The molecule has 0 bridgehead atoms. The Kier molecular flexibility index (Phi) is 15.8. The number of aryl methyl sites for hydroxylation is 2. The minimum absolute atomic E-state index is 0.0375. The third-order valence-electron chi connectivity index (χ3n) is 14.0. The summed E-state index contributed by atoms with van der Waals surface area (Å²) in [7, 11) is 5.08. The fourth-order valence-electron chi connectivity index (χ4n) is 9.60. The molecule has 1 saturated carbocycles. The number of rotatable bonds is 19. The Labute approximate surface area is 418 Å². The molecule has 0 radical (unpaired) electrons. The fraction of sp³-hybridized carbons (Fsp3) is 0.509. The van der Waals surface area contributed by atoms with Crippen molar-refractivity contribution < 1.29 is 38.1 Å². The van der Waals surface area contributed by atoms with Gasteiger partial charge in [-0.3, -0.25) is 29.1 Å². The van der Waals surface area contributed by atoms with Crippen LogP contribution in [0.15, 0.2) is 65.3 Å². The van der Waals surface area contributed by atoms with Gasteiger partial charge in [0.25, 0.3) is 11.5 Å². The standard InChI is InChI=1S/C53H67FN8O8S/c1-33-46(71-32-57-33)34-11-12-35(27-56-48(64)42-25-37(63)30-62(42)50(66)47(52(2,3)4)58-51(67)53(54)14-15-53)44(23-34)70-22-10-8-9-17-60-18-20-61(21-19-60)29-36-24-45(69-7)39(26-43(36)68-6)41-31-59(5)49(65)40-28-55-16-13-38(40)41/h11-13,16,23-24,26,28,31-32,37,42,47,63H,8-10,14-15,17-22,25,27,29-30H2,1-7H3,(H,56,64)(H,58,67)/t37-,42+,47-/m1/s1. The lowest BCUT2D eigenvalue weighted by atomic mass is 9.85. The smallest absolute Gasteiger partial charge is 0.259 e. The van der Waals surface area contributed by atoms with Gasteiger partial charge in [-0.25, -0.2) is 9.37 Å². The lowest BCUT2D eigenvalue weighted by Gasteiger charge is -2.35. The number of carbonyl (C=O) groups excluding carboxylic acids is 3. The van der Waals surface area contributed by atoms with Gasteiger partial charge < -0.3 is 44.3 Å². The highest BCUT2D eigenvalue weighted by Gasteiger charge is 2.53. The number of nitrogens with zero attached hydrogens (tertiary/aromatic N) is 6.